The van der Waals surface area contributed by atoms with Gasteiger partial charge in [0.25, 0.3) is 5.91 Å². The Bertz CT molecular complexity index is 897. The van der Waals surface area contributed by atoms with Gasteiger partial charge < -0.3 is 11.1 Å². The van der Waals surface area contributed by atoms with E-state index in [1.165, 1.54) is 12.3 Å². The number of sulfonamides is 1. The average Bonchev–Trinajstić information content (AvgIpc) is 2.72. The van der Waals surface area contributed by atoms with Crippen LogP contribution in [0, 0.1) is 5.92 Å². The summed E-state index contributed by atoms with van der Waals surface area (Å²) >= 11 is 0. The van der Waals surface area contributed by atoms with Crippen molar-refractivity contribution in [2.45, 2.75) is 19.3 Å². The molecule has 0 atom stereocenters. The zero-order valence-corrected chi connectivity index (χ0v) is 16.4. The Morgan fingerprint density at radius 3 is 2.57 bits per heavy atom. The molecule has 0 unspecified atom stereocenters. The van der Waals surface area contributed by atoms with Crippen molar-refractivity contribution in [3.63, 3.8) is 0 Å². The molecule has 1 aliphatic heterocycles. The van der Waals surface area contributed by atoms with Crippen LogP contribution in [-0.4, -0.2) is 54.0 Å². The Balaban J connectivity index is 1.46. The third kappa shape index (κ3) is 5.49. The van der Waals surface area contributed by atoms with Crippen LogP contribution in [0.25, 0.3) is 0 Å². The molecular formula is C19H25N5O3S. The van der Waals surface area contributed by atoms with E-state index in [1.807, 2.05) is 30.3 Å². The lowest BCUT2D eigenvalue weighted by atomic mass is 9.98. The summed E-state index contributed by atoms with van der Waals surface area (Å²) in [6.07, 6.45) is 3.55. The van der Waals surface area contributed by atoms with Crippen molar-refractivity contribution < 1.29 is 13.2 Å². The Morgan fingerprint density at radius 2 is 1.89 bits per heavy atom. The summed E-state index contributed by atoms with van der Waals surface area (Å²) in [5.74, 6) is 0.211. The number of carbonyl (C=O) groups excluding carboxylic acids is 1. The van der Waals surface area contributed by atoms with E-state index in [2.05, 4.69) is 15.3 Å². The fourth-order valence-electron chi connectivity index (χ4n) is 3.23. The van der Waals surface area contributed by atoms with Crippen LogP contribution in [0.3, 0.4) is 0 Å². The molecule has 3 N–H and O–H groups in total. The first-order chi connectivity index (χ1) is 13.4. The lowest BCUT2D eigenvalue weighted by Gasteiger charge is -2.31. The van der Waals surface area contributed by atoms with Gasteiger partial charge in [-0.15, -0.1) is 0 Å². The van der Waals surface area contributed by atoms with Gasteiger partial charge >= 0.3 is 0 Å². The average molecular weight is 404 g/mol. The zero-order valence-electron chi connectivity index (χ0n) is 15.6. The van der Waals surface area contributed by atoms with Crippen LogP contribution in [-0.2, 0) is 16.4 Å². The van der Waals surface area contributed by atoms with Crippen LogP contribution in [0.4, 0.5) is 5.95 Å². The molecule has 1 saturated heterocycles. The van der Waals surface area contributed by atoms with Crippen molar-refractivity contribution in [2.75, 3.05) is 30.7 Å². The van der Waals surface area contributed by atoms with E-state index in [0.717, 1.165) is 18.4 Å². The molecule has 2 heterocycles. The lowest BCUT2D eigenvalue weighted by molar-refractivity contribution is 0.0995. The molecule has 8 nitrogen and oxygen atoms in total. The minimum Gasteiger partial charge on any atom is -0.364 e. The highest BCUT2D eigenvalue weighted by atomic mass is 32.2. The maximum Gasteiger partial charge on any atom is 0.267 e. The second kappa shape index (κ2) is 9.11. The van der Waals surface area contributed by atoms with E-state index in [-0.39, 0.29) is 11.4 Å². The molecule has 2 aromatic rings. The van der Waals surface area contributed by atoms with Gasteiger partial charge in [-0.05, 0) is 36.8 Å². The van der Waals surface area contributed by atoms with Crippen LogP contribution >= 0.6 is 0 Å². The van der Waals surface area contributed by atoms with Gasteiger partial charge in [0.1, 0.15) is 5.69 Å². The van der Waals surface area contributed by atoms with E-state index in [0.29, 0.717) is 37.9 Å². The van der Waals surface area contributed by atoms with Crippen LogP contribution in [0.2, 0.25) is 0 Å². The monoisotopic (exact) mass is 403 g/mol. The third-order valence-corrected chi connectivity index (χ3v) is 6.79. The summed E-state index contributed by atoms with van der Waals surface area (Å²) in [5, 5.41) is 3.11. The summed E-state index contributed by atoms with van der Waals surface area (Å²) < 4.78 is 26.8. The Hall–Kier alpha value is -2.52. The number of nitrogens with two attached hydrogens (primary N) is 1. The number of nitrogens with zero attached hydrogens (tertiary/aromatic N) is 3. The quantitative estimate of drug-likeness (QED) is 0.685. The molecule has 1 fully saturated rings. The maximum atomic E-state index is 12.6. The number of amides is 1. The summed E-state index contributed by atoms with van der Waals surface area (Å²) in [5.41, 5.74) is 6.41. The molecule has 1 aromatic heterocycles. The molecule has 0 bridgehead atoms. The lowest BCUT2D eigenvalue weighted by Crippen LogP contribution is -2.41. The van der Waals surface area contributed by atoms with Gasteiger partial charge in [-0.2, -0.15) is 0 Å². The third-order valence-electron chi connectivity index (χ3n) is 4.92. The standard InChI is InChI=1S/C19H25N5O3S/c20-18(25)17-6-10-21-19(23-17)22-14-16-7-11-24(12-8-16)28(26,27)13-9-15-4-2-1-3-5-15/h1-6,10,16H,7-9,11-14H2,(H2,20,25)(H,21,22,23). The van der Waals surface area contributed by atoms with Gasteiger partial charge in [-0.25, -0.2) is 22.7 Å². The van der Waals surface area contributed by atoms with Gasteiger partial charge in [0.05, 0.1) is 5.75 Å². The number of aromatic nitrogens is 2. The first-order valence-corrected chi connectivity index (χ1v) is 10.9. The number of aryl methyl sites for hydroxylation is 1. The Morgan fingerprint density at radius 1 is 1.18 bits per heavy atom. The van der Waals surface area contributed by atoms with Gasteiger partial charge in [-0.1, -0.05) is 30.3 Å². The predicted octanol–water partition coefficient (Wildman–Crippen LogP) is 1.27. The van der Waals surface area contributed by atoms with Crippen molar-refractivity contribution in [3.8, 4) is 0 Å². The molecule has 0 radical (unpaired) electrons. The molecule has 9 heteroatoms. The Labute approximate surface area is 165 Å². The first-order valence-electron chi connectivity index (χ1n) is 9.32. The summed E-state index contributed by atoms with van der Waals surface area (Å²) in [4.78, 5) is 19.3. The highest BCUT2D eigenvalue weighted by Crippen LogP contribution is 2.20. The summed E-state index contributed by atoms with van der Waals surface area (Å²) in [6, 6.07) is 11.1. The summed E-state index contributed by atoms with van der Waals surface area (Å²) in [7, 11) is -3.25. The topological polar surface area (TPSA) is 118 Å². The molecule has 1 aliphatic rings. The van der Waals surface area contributed by atoms with Crippen molar-refractivity contribution in [1.29, 1.82) is 0 Å². The van der Waals surface area contributed by atoms with Crippen LogP contribution in [0.1, 0.15) is 28.9 Å². The number of nitrogens with one attached hydrogen (secondary N) is 1. The minimum absolute atomic E-state index is 0.133. The molecule has 1 aromatic carbocycles. The van der Waals surface area contributed by atoms with Crippen LogP contribution in [0.15, 0.2) is 42.6 Å². The molecule has 150 valence electrons. The number of hydrogen-bond acceptors (Lipinski definition) is 6. The van der Waals surface area contributed by atoms with Crippen LogP contribution < -0.4 is 11.1 Å². The number of rotatable bonds is 8. The van der Waals surface area contributed by atoms with Gasteiger partial charge in [0.15, 0.2) is 0 Å². The van der Waals surface area contributed by atoms with Crippen molar-refractivity contribution in [3.05, 3.63) is 53.9 Å². The number of anilines is 1. The molecule has 0 saturated carbocycles. The van der Waals surface area contributed by atoms with E-state index in [9.17, 15) is 13.2 Å². The highest BCUT2D eigenvalue weighted by Gasteiger charge is 2.27. The van der Waals surface area contributed by atoms with E-state index in [1.54, 1.807) is 4.31 Å². The van der Waals surface area contributed by atoms with Crippen LogP contribution in [0.5, 0.6) is 0 Å². The Kier molecular flexibility index (Phi) is 6.58. The van der Waals surface area contributed by atoms with E-state index < -0.39 is 15.9 Å². The van der Waals surface area contributed by atoms with E-state index in [4.69, 9.17) is 5.73 Å². The minimum atomic E-state index is -3.25. The maximum absolute atomic E-state index is 12.6. The molecule has 3 rings (SSSR count). The second-order valence-corrected chi connectivity index (χ2v) is 8.99. The van der Waals surface area contributed by atoms with Crippen molar-refractivity contribution in [1.82, 2.24) is 14.3 Å². The number of carbonyl (C=O) groups is 1. The van der Waals surface area contributed by atoms with E-state index >= 15 is 0 Å². The number of hydrogen-bond donors (Lipinski definition) is 2. The highest BCUT2D eigenvalue weighted by molar-refractivity contribution is 7.89. The fraction of sp³-hybridized carbons (Fsp3) is 0.421. The number of benzene rings is 1. The molecule has 1 amide bonds. The van der Waals surface area contributed by atoms with Gasteiger partial charge in [0, 0.05) is 25.8 Å². The summed E-state index contributed by atoms with van der Waals surface area (Å²) in [6.45, 7) is 1.66. The predicted molar refractivity (Wildman–Crippen MR) is 107 cm³/mol. The van der Waals surface area contributed by atoms with Gasteiger partial charge in [0.2, 0.25) is 16.0 Å². The normalized spacial score (nSPS) is 16.0. The molecule has 28 heavy (non-hydrogen) atoms. The second-order valence-electron chi connectivity index (χ2n) is 6.90. The fourth-order valence-corrected chi connectivity index (χ4v) is 4.75. The zero-order chi connectivity index (χ0) is 20.0. The number of piperidine rings is 1. The van der Waals surface area contributed by atoms with Crippen molar-refractivity contribution >= 4 is 21.9 Å². The SMILES string of the molecule is NC(=O)c1ccnc(NCC2CCN(S(=O)(=O)CCc3ccccc3)CC2)n1. The largest absolute Gasteiger partial charge is 0.364 e. The van der Waals surface area contributed by atoms with Gasteiger partial charge in [-0.3, -0.25) is 4.79 Å². The molecule has 0 spiro atoms. The first kappa shape index (κ1) is 20.2. The smallest absolute Gasteiger partial charge is 0.267 e. The number of primary amides is 1. The molecular weight excluding hydrogens is 378 g/mol. The molecule has 0 aliphatic carbocycles. The van der Waals surface area contributed by atoms with Crippen molar-refractivity contribution in [2.24, 2.45) is 11.7 Å².